The molecule has 0 saturated carbocycles. The first-order chi connectivity index (χ1) is 17.5. The highest BCUT2D eigenvalue weighted by Gasteiger charge is 2.38. The summed E-state index contributed by atoms with van der Waals surface area (Å²) in [7, 11) is -3.96. The summed E-state index contributed by atoms with van der Waals surface area (Å²) in [6.45, 7) is 4.64. The molecule has 0 spiro atoms. The van der Waals surface area contributed by atoms with Crippen molar-refractivity contribution in [2.75, 3.05) is 5.88 Å². The zero-order valence-corrected chi connectivity index (χ0v) is 22.0. The maximum absolute atomic E-state index is 13.4. The number of carbonyl (C=O) groups is 2. The molecule has 4 rings (SSSR count). The Balaban J connectivity index is 1.57. The van der Waals surface area contributed by atoms with Crippen LogP contribution in [0, 0.1) is 5.82 Å². The average molecular weight is 571 g/mol. The van der Waals surface area contributed by atoms with Crippen molar-refractivity contribution in [1.82, 2.24) is 19.4 Å². The van der Waals surface area contributed by atoms with Gasteiger partial charge in [0.2, 0.25) is 10.0 Å². The highest BCUT2D eigenvalue weighted by Crippen LogP contribution is 2.34. The van der Waals surface area contributed by atoms with Gasteiger partial charge in [0.05, 0.1) is 28.7 Å². The lowest BCUT2D eigenvalue weighted by Crippen LogP contribution is -2.46. The van der Waals surface area contributed by atoms with E-state index in [1.807, 2.05) is 0 Å². The first-order valence-corrected chi connectivity index (χ1v) is 13.6. The van der Waals surface area contributed by atoms with Crippen LogP contribution in [0.4, 0.5) is 22.4 Å². The summed E-state index contributed by atoms with van der Waals surface area (Å²) in [5, 5.41) is 3.96. The molecule has 3 aromatic rings. The number of rotatable bonds is 6. The summed E-state index contributed by atoms with van der Waals surface area (Å²) in [6, 6.07) is 7.25. The van der Waals surface area contributed by atoms with Gasteiger partial charge in [0.25, 0.3) is 11.1 Å². The molecule has 1 aliphatic heterocycles. The average Bonchev–Trinajstić information content (AvgIpc) is 3.28. The minimum Gasteiger partial charge on any atom is -0.268 e. The largest absolute Gasteiger partial charge is 0.416 e. The zero-order chi connectivity index (χ0) is 28.0. The summed E-state index contributed by atoms with van der Waals surface area (Å²) >= 11 is 0.601. The molecule has 2 aromatic carbocycles. The molecule has 202 valence electrons. The molecule has 0 bridgehead atoms. The molecule has 0 aliphatic carbocycles. The first-order valence-electron chi connectivity index (χ1n) is 11.1. The van der Waals surface area contributed by atoms with Gasteiger partial charge in [0.1, 0.15) is 11.7 Å². The van der Waals surface area contributed by atoms with Crippen LogP contribution in [0.3, 0.4) is 0 Å². The van der Waals surface area contributed by atoms with Crippen LogP contribution in [0.2, 0.25) is 0 Å². The molecule has 38 heavy (non-hydrogen) atoms. The molecule has 2 amide bonds. The number of hydrogen-bond donors (Lipinski definition) is 1. The minimum atomic E-state index is -4.74. The topological polar surface area (TPSA) is 101 Å². The van der Waals surface area contributed by atoms with Crippen LogP contribution in [-0.4, -0.2) is 45.7 Å². The number of hydrogen-bond acceptors (Lipinski definition) is 6. The Hall–Kier alpha value is -3.23. The van der Waals surface area contributed by atoms with Crippen LogP contribution in [0.15, 0.2) is 47.5 Å². The number of aromatic nitrogens is 2. The van der Waals surface area contributed by atoms with Gasteiger partial charge in [-0.25, -0.2) is 17.5 Å². The Bertz CT molecular complexity index is 1570. The van der Waals surface area contributed by atoms with Crippen LogP contribution in [-0.2, 0) is 27.5 Å². The SMILES string of the molecule is CC(C)(C)NS(=O)(=O)CN1C(=O)SC(=Cc2ccc3c(cnn3Cc3ccc(F)cc3C(F)(F)F)c2)C1=O. The lowest BCUT2D eigenvalue weighted by molar-refractivity contribution is -0.138. The second-order valence-corrected chi connectivity index (χ2v) is 12.3. The molecule has 1 fully saturated rings. The van der Waals surface area contributed by atoms with Crippen molar-refractivity contribution < 1.29 is 35.6 Å². The van der Waals surface area contributed by atoms with Gasteiger partial charge in [0.15, 0.2) is 0 Å². The maximum Gasteiger partial charge on any atom is 0.416 e. The molecule has 0 radical (unpaired) electrons. The fourth-order valence-corrected chi connectivity index (χ4v) is 6.36. The minimum absolute atomic E-state index is 0.0221. The third kappa shape index (κ3) is 6.25. The van der Waals surface area contributed by atoms with E-state index in [0.717, 1.165) is 12.1 Å². The number of halogens is 4. The molecule has 8 nitrogen and oxygen atoms in total. The first kappa shape index (κ1) is 27.8. The molecule has 0 unspecified atom stereocenters. The smallest absolute Gasteiger partial charge is 0.268 e. The number of benzene rings is 2. The second-order valence-electron chi connectivity index (χ2n) is 9.63. The number of nitrogens with zero attached hydrogens (tertiary/aromatic N) is 3. The Kier molecular flexibility index (Phi) is 7.18. The number of thioether (sulfide) groups is 1. The van der Waals surface area contributed by atoms with Crippen LogP contribution >= 0.6 is 11.8 Å². The van der Waals surface area contributed by atoms with Gasteiger partial charge in [-0.15, -0.1) is 0 Å². The third-order valence-corrected chi connectivity index (χ3v) is 7.72. The monoisotopic (exact) mass is 570 g/mol. The van der Waals surface area contributed by atoms with Gasteiger partial charge in [-0.2, -0.15) is 18.3 Å². The second kappa shape index (κ2) is 9.82. The van der Waals surface area contributed by atoms with E-state index in [-0.39, 0.29) is 17.0 Å². The van der Waals surface area contributed by atoms with Gasteiger partial charge in [-0.05, 0) is 74.0 Å². The van der Waals surface area contributed by atoms with Crippen molar-refractivity contribution in [3.8, 4) is 0 Å². The number of imide groups is 1. The number of fused-ring (bicyclic) bond motifs is 1. The molecule has 14 heteroatoms. The molecule has 1 aliphatic rings. The molecule has 1 N–H and O–H groups in total. The molecule has 0 atom stereocenters. The van der Waals surface area contributed by atoms with Gasteiger partial charge in [-0.1, -0.05) is 12.1 Å². The van der Waals surface area contributed by atoms with E-state index in [9.17, 15) is 35.6 Å². The van der Waals surface area contributed by atoms with Gasteiger partial charge in [-0.3, -0.25) is 19.2 Å². The summed E-state index contributed by atoms with van der Waals surface area (Å²) < 4.78 is 82.0. The molecule has 1 aromatic heterocycles. The van der Waals surface area contributed by atoms with Gasteiger partial charge in [0, 0.05) is 10.9 Å². The van der Waals surface area contributed by atoms with E-state index in [4.69, 9.17) is 0 Å². The Labute approximate surface area is 219 Å². The number of amides is 2. The lowest BCUT2D eigenvalue weighted by atomic mass is 10.1. The number of sulfonamides is 1. The summed E-state index contributed by atoms with van der Waals surface area (Å²) in [4.78, 5) is 25.8. The van der Waals surface area contributed by atoms with Crippen LogP contribution in [0.5, 0.6) is 0 Å². The Morgan fingerprint density at radius 3 is 2.45 bits per heavy atom. The zero-order valence-electron chi connectivity index (χ0n) is 20.3. The highest BCUT2D eigenvalue weighted by molar-refractivity contribution is 8.18. The lowest BCUT2D eigenvalue weighted by Gasteiger charge is -2.22. The van der Waals surface area contributed by atoms with Crippen molar-refractivity contribution in [3.05, 3.63) is 70.0 Å². The van der Waals surface area contributed by atoms with E-state index in [0.29, 0.717) is 39.2 Å². The number of nitrogens with one attached hydrogen (secondary N) is 1. The summed E-state index contributed by atoms with van der Waals surface area (Å²) in [5.41, 5.74) is -1.05. The quantitative estimate of drug-likeness (QED) is 0.332. The van der Waals surface area contributed by atoms with Crippen molar-refractivity contribution >= 4 is 49.9 Å². The molecule has 1 saturated heterocycles. The molecule has 2 heterocycles. The Morgan fingerprint density at radius 2 is 1.79 bits per heavy atom. The van der Waals surface area contributed by atoms with Crippen molar-refractivity contribution in [2.45, 2.75) is 39.0 Å². The standard InChI is InChI=1S/C24H22F4N4O4S2/c1-23(2,3)30-38(35,36)13-31-21(33)20(37-22(31)34)9-14-4-7-19-16(8-14)11-29-32(19)12-15-5-6-17(25)10-18(15)24(26,27)28/h4-11,30H,12-13H2,1-3H3. The van der Waals surface area contributed by atoms with E-state index in [1.54, 1.807) is 39.0 Å². The summed E-state index contributed by atoms with van der Waals surface area (Å²) in [5.74, 6) is -2.57. The number of carbonyl (C=O) groups excluding carboxylic acids is 2. The normalized spacial score (nSPS) is 16.3. The highest BCUT2D eigenvalue weighted by atomic mass is 32.2. The van der Waals surface area contributed by atoms with Crippen molar-refractivity contribution in [2.24, 2.45) is 0 Å². The van der Waals surface area contributed by atoms with Crippen molar-refractivity contribution in [1.29, 1.82) is 0 Å². The maximum atomic E-state index is 13.4. The van der Waals surface area contributed by atoms with E-state index in [2.05, 4.69) is 9.82 Å². The predicted molar refractivity (Wildman–Crippen MR) is 135 cm³/mol. The van der Waals surface area contributed by atoms with E-state index in [1.165, 1.54) is 17.0 Å². The molecular formula is C24H22F4N4O4S2. The van der Waals surface area contributed by atoms with Gasteiger partial charge < -0.3 is 0 Å². The predicted octanol–water partition coefficient (Wildman–Crippen LogP) is 4.95. The van der Waals surface area contributed by atoms with Gasteiger partial charge >= 0.3 is 6.18 Å². The fraction of sp³-hybridized carbons (Fsp3) is 0.292. The van der Waals surface area contributed by atoms with Crippen LogP contribution in [0.25, 0.3) is 17.0 Å². The Morgan fingerprint density at radius 1 is 1.08 bits per heavy atom. The fourth-order valence-electron chi connectivity index (χ4n) is 3.86. The van der Waals surface area contributed by atoms with E-state index < -0.39 is 50.1 Å². The van der Waals surface area contributed by atoms with Crippen molar-refractivity contribution in [3.63, 3.8) is 0 Å². The number of alkyl halides is 3. The third-order valence-electron chi connectivity index (χ3n) is 5.30. The summed E-state index contributed by atoms with van der Waals surface area (Å²) in [6.07, 6.45) is -1.88. The van der Waals surface area contributed by atoms with E-state index >= 15 is 0 Å². The van der Waals surface area contributed by atoms with Crippen LogP contribution < -0.4 is 4.72 Å². The molecular weight excluding hydrogens is 548 g/mol. The van der Waals surface area contributed by atoms with Crippen LogP contribution in [0.1, 0.15) is 37.5 Å².